The summed E-state index contributed by atoms with van der Waals surface area (Å²) in [6.45, 7) is 14.6. The summed E-state index contributed by atoms with van der Waals surface area (Å²) in [6.07, 6.45) is -3.95. The lowest BCUT2D eigenvalue weighted by molar-refractivity contribution is -0.217. The highest BCUT2D eigenvalue weighted by Crippen LogP contribution is 2.81. The summed E-state index contributed by atoms with van der Waals surface area (Å²) in [7, 11) is 0. The van der Waals surface area contributed by atoms with Gasteiger partial charge in [-0.1, -0.05) is 27.7 Å². The van der Waals surface area contributed by atoms with Gasteiger partial charge < -0.3 is 38.6 Å². The Kier molecular flexibility index (Phi) is 6.17. The van der Waals surface area contributed by atoms with Crippen LogP contribution >= 0.6 is 0 Å². The SMILES string of the molecule is CC(=O)O[C@H]1[C@@H]2[C@H]([C@H](C)[C@@H]3O[C@]34OC(=O)[C@@](C)(O)[C@]24C)[C@]2(C)[C@@H]1C1C(=O)C(O)=C3C[C@@H]4O[C@@H]4[C@H](OC(C)=O)[C@]3(C)[C@H]1[C@H](C)[C@@H]2OC(C)=O. The Labute approximate surface area is 277 Å². The van der Waals surface area contributed by atoms with Crippen LogP contribution in [0.5, 0.6) is 0 Å². The first-order valence-electron chi connectivity index (χ1n) is 17.0. The van der Waals surface area contributed by atoms with E-state index in [4.69, 9.17) is 28.4 Å². The van der Waals surface area contributed by atoms with E-state index < -0.39 is 129 Å². The zero-order chi connectivity index (χ0) is 35.0. The van der Waals surface area contributed by atoms with Gasteiger partial charge in [0.05, 0.1) is 11.5 Å². The second kappa shape index (κ2) is 9.19. The van der Waals surface area contributed by atoms with Crippen LogP contribution in [0.15, 0.2) is 11.3 Å². The average Bonchev–Trinajstić information content (AvgIpc) is 3.88. The van der Waals surface area contributed by atoms with E-state index in [0.29, 0.717) is 5.57 Å². The molecule has 0 radical (unpaired) electrons. The largest absolute Gasteiger partial charge is 0.504 e. The van der Waals surface area contributed by atoms with Gasteiger partial charge in [0.15, 0.2) is 11.4 Å². The van der Waals surface area contributed by atoms with Gasteiger partial charge in [0.25, 0.3) is 0 Å². The number of rotatable bonds is 3. The Morgan fingerprint density at radius 2 is 1.44 bits per heavy atom. The van der Waals surface area contributed by atoms with Crippen molar-refractivity contribution in [1.29, 1.82) is 0 Å². The molecular formula is C35H44O13. The number of aliphatic hydroxyl groups excluding tert-OH is 1. The Balaban J connectivity index is 1.40. The second-order valence-electron chi connectivity index (χ2n) is 16.5. The van der Waals surface area contributed by atoms with Crippen molar-refractivity contribution in [3.63, 3.8) is 0 Å². The van der Waals surface area contributed by atoms with E-state index in [2.05, 4.69) is 0 Å². The van der Waals surface area contributed by atoms with Crippen molar-refractivity contribution in [1.82, 2.24) is 0 Å². The Morgan fingerprint density at radius 3 is 2.04 bits per heavy atom. The Morgan fingerprint density at radius 1 is 0.833 bits per heavy atom. The van der Waals surface area contributed by atoms with Gasteiger partial charge in [-0.15, -0.1) is 0 Å². The Bertz CT molecular complexity index is 1620. The number of aliphatic hydroxyl groups is 2. The number of hydrogen-bond acceptors (Lipinski definition) is 13. The van der Waals surface area contributed by atoms with Crippen molar-refractivity contribution in [2.24, 2.45) is 57.7 Å². The van der Waals surface area contributed by atoms with E-state index in [1.165, 1.54) is 27.7 Å². The van der Waals surface area contributed by atoms with Gasteiger partial charge in [0.2, 0.25) is 11.6 Å². The fourth-order valence-corrected chi connectivity index (χ4v) is 12.9. The maximum absolute atomic E-state index is 14.8. The smallest absolute Gasteiger partial charge is 0.341 e. The van der Waals surface area contributed by atoms with Crippen LogP contribution in [0.1, 0.15) is 68.7 Å². The molecule has 8 rings (SSSR count). The molecule has 13 nitrogen and oxygen atoms in total. The van der Waals surface area contributed by atoms with E-state index in [-0.39, 0.29) is 18.4 Å². The number of fused-ring (bicyclic) bond motifs is 9. The molecule has 1 spiro atoms. The standard InChI is InChI=1S/C35H44O13/c1-11-19-18(24(40)23(39)16-10-17-25(46-17)29(31(16,19)6)45-15(5)38)21-26(43-13(3)36)22-20(32(21,7)27(11)44-14(4)37)12(2)28-35(47-28)33(22,8)34(9,42)30(41)48-35/h11-12,17-22,25-29,39,42H,10H2,1-9H3/t11-,12-,17-,18?,19-,20-,21+,22-,25-,26+,27-,28-,29-,31-,32+,33-,34+,35-/m0/s1. The summed E-state index contributed by atoms with van der Waals surface area (Å²) in [5.74, 6) is -9.82. The molecular weight excluding hydrogens is 628 g/mol. The van der Waals surface area contributed by atoms with Gasteiger partial charge in [0, 0.05) is 55.8 Å². The molecule has 3 heterocycles. The minimum Gasteiger partial charge on any atom is -0.504 e. The van der Waals surface area contributed by atoms with E-state index in [1.807, 2.05) is 27.7 Å². The van der Waals surface area contributed by atoms with Crippen LogP contribution in [-0.4, -0.2) is 87.9 Å². The highest BCUT2D eigenvalue weighted by molar-refractivity contribution is 5.98. The van der Waals surface area contributed by atoms with E-state index >= 15 is 0 Å². The predicted molar refractivity (Wildman–Crippen MR) is 159 cm³/mol. The van der Waals surface area contributed by atoms with Gasteiger partial charge >= 0.3 is 23.9 Å². The van der Waals surface area contributed by atoms with Crippen molar-refractivity contribution < 1.29 is 62.6 Å². The fourth-order valence-electron chi connectivity index (χ4n) is 12.9. The van der Waals surface area contributed by atoms with Crippen molar-refractivity contribution >= 4 is 29.7 Å². The van der Waals surface area contributed by atoms with Crippen LogP contribution in [0.4, 0.5) is 0 Å². The normalized spacial score (nSPS) is 56.6. The molecule has 3 saturated heterocycles. The molecule has 0 aromatic carbocycles. The molecule has 3 aliphatic heterocycles. The maximum atomic E-state index is 14.8. The van der Waals surface area contributed by atoms with Gasteiger partial charge in [-0.25, -0.2) is 4.79 Å². The van der Waals surface area contributed by atoms with Gasteiger partial charge in [-0.2, -0.15) is 0 Å². The molecule has 0 bridgehead atoms. The number of allylic oxidation sites excluding steroid dienone is 1. The lowest BCUT2D eigenvalue weighted by Gasteiger charge is -2.62. The van der Waals surface area contributed by atoms with E-state index in [0.717, 1.165) is 0 Å². The number of hydrogen-bond donors (Lipinski definition) is 2. The third kappa shape index (κ3) is 3.32. The lowest BCUT2D eigenvalue weighted by atomic mass is 9.41. The number of ketones is 1. The van der Waals surface area contributed by atoms with Gasteiger partial charge in [-0.05, 0) is 43.1 Å². The first-order chi connectivity index (χ1) is 22.2. The maximum Gasteiger partial charge on any atom is 0.341 e. The van der Waals surface area contributed by atoms with Crippen LogP contribution in [0, 0.1) is 57.7 Å². The van der Waals surface area contributed by atoms with Crippen molar-refractivity contribution in [3.05, 3.63) is 11.3 Å². The summed E-state index contributed by atoms with van der Waals surface area (Å²) in [5.41, 5.74) is -5.33. The molecule has 18 atom stereocenters. The van der Waals surface area contributed by atoms with E-state index in [1.54, 1.807) is 6.92 Å². The fraction of sp³-hybridized carbons (Fsp3) is 0.800. The number of carbonyl (C=O) groups is 5. The van der Waals surface area contributed by atoms with Crippen LogP contribution < -0.4 is 0 Å². The monoisotopic (exact) mass is 672 g/mol. The molecule has 0 aromatic rings. The minimum absolute atomic E-state index is 0.268. The average molecular weight is 673 g/mol. The van der Waals surface area contributed by atoms with Gasteiger partial charge in [0.1, 0.15) is 30.5 Å². The molecule has 4 saturated carbocycles. The zero-order valence-electron chi connectivity index (χ0n) is 28.6. The molecule has 8 aliphatic rings. The minimum atomic E-state index is -2.07. The first-order valence-corrected chi connectivity index (χ1v) is 17.0. The van der Waals surface area contributed by atoms with Crippen molar-refractivity contribution in [2.75, 3.05) is 0 Å². The molecule has 7 fully saturated rings. The predicted octanol–water partition coefficient (Wildman–Crippen LogP) is 2.16. The molecule has 48 heavy (non-hydrogen) atoms. The second-order valence-corrected chi connectivity index (χ2v) is 16.5. The lowest BCUT2D eigenvalue weighted by Crippen LogP contribution is -2.68. The third-order valence-electron chi connectivity index (χ3n) is 14.6. The Hall–Kier alpha value is -3.03. The molecule has 13 heteroatoms. The highest BCUT2D eigenvalue weighted by atomic mass is 16.8. The quantitative estimate of drug-likeness (QED) is 0.253. The molecule has 1 unspecified atom stereocenters. The summed E-state index contributed by atoms with van der Waals surface area (Å²) in [6, 6.07) is 0. The van der Waals surface area contributed by atoms with Gasteiger partial charge in [-0.3, -0.25) is 19.2 Å². The highest BCUT2D eigenvalue weighted by Gasteiger charge is 2.93. The summed E-state index contributed by atoms with van der Waals surface area (Å²) in [4.78, 5) is 66.8. The number of esters is 4. The van der Waals surface area contributed by atoms with Crippen LogP contribution in [0.25, 0.3) is 0 Å². The van der Waals surface area contributed by atoms with Crippen LogP contribution in [-0.2, 0) is 52.4 Å². The summed E-state index contributed by atoms with van der Waals surface area (Å²) >= 11 is 0. The molecule has 0 amide bonds. The molecule has 5 aliphatic carbocycles. The molecule has 2 N–H and O–H groups in total. The number of ether oxygens (including phenoxy) is 6. The number of Topliss-reactive ketones (excluding diaryl/α,β-unsaturated/α-hetero) is 1. The molecule has 0 aromatic heterocycles. The molecule has 262 valence electrons. The summed E-state index contributed by atoms with van der Waals surface area (Å²) in [5, 5.41) is 23.8. The summed E-state index contributed by atoms with van der Waals surface area (Å²) < 4.78 is 36.6. The number of carbonyl (C=O) groups excluding carboxylic acids is 5. The topological polar surface area (TPSA) is 188 Å². The van der Waals surface area contributed by atoms with Crippen LogP contribution in [0.3, 0.4) is 0 Å². The first kappa shape index (κ1) is 32.2. The number of epoxide rings is 2. The van der Waals surface area contributed by atoms with Crippen molar-refractivity contribution in [2.45, 2.75) is 117 Å². The third-order valence-corrected chi connectivity index (χ3v) is 14.6. The van der Waals surface area contributed by atoms with Crippen molar-refractivity contribution in [3.8, 4) is 0 Å². The zero-order valence-corrected chi connectivity index (χ0v) is 28.6. The van der Waals surface area contributed by atoms with E-state index in [9.17, 15) is 34.2 Å². The van der Waals surface area contributed by atoms with Crippen LogP contribution in [0.2, 0.25) is 0 Å².